The van der Waals surface area contributed by atoms with Crippen molar-refractivity contribution in [3.63, 3.8) is 0 Å². The van der Waals surface area contributed by atoms with E-state index in [0.717, 1.165) is 4.90 Å². The smallest absolute Gasteiger partial charge is 0.272 e. The highest BCUT2D eigenvalue weighted by atomic mass is 32.2. The molecule has 1 N–H and O–H groups in total. The van der Waals surface area contributed by atoms with Crippen LogP contribution in [-0.4, -0.2) is 45.8 Å². The maximum Gasteiger partial charge on any atom is 0.272 e. The van der Waals surface area contributed by atoms with Gasteiger partial charge in [-0.3, -0.25) is 9.78 Å². The highest BCUT2D eigenvalue weighted by molar-refractivity contribution is 8.00. The molecule has 0 radical (unpaired) electrons. The van der Waals surface area contributed by atoms with Crippen LogP contribution in [0.25, 0.3) is 0 Å². The van der Waals surface area contributed by atoms with Crippen molar-refractivity contribution in [3.8, 4) is 0 Å². The summed E-state index contributed by atoms with van der Waals surface area (Å²) in [5.41, 5.74) is 0.467. The van der Waals surface area contributed by atoms with Crippen LogP contribution in [0.2, 0.25) is 0 Å². The molecule has 0 spiro atoms. The fourth-order valence-electron chi connectivity index (χ4n) is 1.54. The fourth-order valence-corrected chi connectivity index (χ4v) is 2.40. The summed E-state index contributed by atoms with van der Waals surface area (Å²) in [6.07, 6.45) is 1.64. The number of carbonyl (C=O) groups is 1. The Morgan fingerprint density at radius 1 is 1.50 bits per heavy atom. The summed E-state index contributed by atoms with van der Waals surface area (Å²) in [5.74, 6) is -0.0425. The second kappa shape index (κ2) is 7.38. The van der Waals surface area contributed by atoms with Crippen LogP contribution in [0.1, 0.15) is 31.3 Å². The number of aromatic nitrogens is 1. The third-order valence-corrected chi connectivity index (χ3v) is 3.67. The van der Waals surface area contributed by atoms with Crippen molar-refractivity contribution in [3.05, 3.63) is 24.0 Å². The molecule has 100 valence electrons. The van der Waals surface area contributed by atoms with Crippen LogP contribution >= 0.6 is 11.8 Å². The second-order valence-corrected chi connectivity index (χ2v) is 5.48. The maximum atomic E-state index is 12.1. The van der Waals surface area contributed by atoms with Crippen molar-refractivity contribution in [2.45, 2.75) is 30.9 Å². The van der Waals surface area contributed by atoms with Crippen LogP contribution in [0.3, 0.4) is 0 Å². The van der Waals surface area contributed by atoms with E-state index in [-0.39, 0.29) is 17.8 Å². The molecule has 1 rings (SSSR count). The lowest BCUT2D eigenvalue weighted by Gasteiger charge is -2.18. The molecule has 0 aliphatic heterocycles. The molecule has 1 aromatic heterocycles. The van der Waals surface area contributed by atoms with Crippen molar-refractivity contribution in [1.29, 1.82) is 0 Å². The van der Waals surface area contributed by atoms with Crippen molar-refractivity contribution >= 4 is 17.7 Å². The largest absolute Gasteiger partial charge is 0.395 e. The summed E-state index contributed by atoms with van der Waals surface area (Å²) < 4.78 is 0. The van der Waals surface area contributed by atoms with Crippen LogP contribution < -0.4 is 0 Å². The lowest BCUT2D eigenvalue weighted by Crippen LogP contribution is -2.31. The summed E-state index contributed by atoms with van der Waals surface area (Å²) in [5, 5.41) is 9.14. The van der Waals surface area contributed by atoms with E-state index in [1.54, 1.807) is 28.9 Å². The number of aliphatic hydroxyl groups excluding tert-OH is 1. The minimum absolute atomic E-state index is 0.0425. The molecule has 0 aromatic carbocycles. The van der Waals surface area contributed by atoms with Gasteiger partial charge < -0.3 is 10.0 Å². The topological polar surface area (TPSA) is 53.4 Å². The van der Waals surface area contributed by atoms with E-state index >= 15 is 0 Å². The summed E-state index contributed by atoms with van der Waals surface area (Å²) in [6.45, 7) is 7.33. The molecule has 1 aromatic rings. The van der Waals surface area contributed by atoms with E-state index in [9.17, 15) is 4.79 Å². The third kappa shape index (κ3) is 3.99. The van der Waals surface area contributed by atoms with Gasteiger partial charge in [0.15, 0.2) is 0 Å². The van der Waals surface area contributed by atoms with E-state index in [1.165, 1.54) is 0 Å². The maximum absolute atomic E-state index is 12.1. The number of carbonyl (C=O) groups excluding carboxylic acids is 1. The van der Waals surface area contributed by atoms with Crippen molar-refractivity contribution in [1.82, 2.24) is 9.88 Å². The number of pyridine rings is 1. The Morgan fingerprint density at radius 2 is 2.17 bits per heavy atom. The molecule has 4 nitrogen and oxygen atoms in total. The van der Waals surface area contributed by atoms with Gasteiger partial charge in [-0.05, 0) is 26.0 Å². The standard InChI is InChI=1S/C13H20N2O2S/c1-4-15(5-2)13(17)12-8-11(6-7-14-12)18-10(3)9-16/h6-8,10,16H,4-5,9H2,1-3H3. The van der Waals surface area contributed by atoms with Crippen LogP contribution in [0, 0.1) is 0 Å². The predicted molar refractivity (Wildman–Crippen MR) is 73.9 cm³/mol. The number of thioether (sulfide) groups is 1. The summed E-state index contributed by atoms with van der Waals surface area (Å²) in [4.78, 5) is 18.9. The molecule has 18 heavy (non-hydrogen) atoms. The normalized spacial score (nSPS) is 12.2. The predicted octanol–water partition coefficient (Wildman–Crippen LogP) is 2.04. The molecule has 0 saturated carbocycles. The van der Waals surface area contributed by atoms with Gasteiger partial charge in [-0.25, -0.2) is 0 Å². The van der Waals surface area contributed by atoms with Gasteiger partial charge in [0.1, 0.15) is 5.69 Å². The first-order chi connectivity index (χ1) is 8.62. The second-order valence-electron chi connectivity index (χ2n) is 3.97. The molecular formula is C13H20N2O2S. The summed E-state index contributed by atoms with van der Waals surface area (Å²) >= 11 is 1.54. The first kappa shape index (κ1) is 15.0. The molecule has 5 heteroatoms. The van der Waals surface area contributed by atoms with Gasteiger partial charge in [0, 0.05) is 29.4 Å². The van der Waals surface area contributed by atoms with Crippen LogP contribution in [0.5, 0.6) is 0 Å². The highest BCUT2D eigenvalue weighted by Crippen LogP contribution is 2.23. The van der Waals surface area contributed by atoms with Gasteiger partial charge in [0.05, 0.1) is 6.61 Å². The average molecular weight is 268 g/mol. The molecule has 0 saturated heterocycles. The lowest BCUT2D eigenvalue weighted by atomic mass is 10.3. The Morgan fingerprint density at radius 3 is 2.72 bits per heavy atom. The molecule has 1 heterocycles. The van der Waals surface area contributed by atoms with E-state index in [0.29, 0.717) is 18.8 Å². The first-order valence-corrected chi connectivity index (χ1v) is 7.03. The van der Waals surface area contributed by atoms with Gasteiger partial charge >= 0.3 is 0 Å². The number of aliphatic hydroxyl groups is 1. The molecular weight excluding hydrogens is 248 g/mol. The van der Waals surface area contributed by atoms with Crippen molar-refractivity contribution in [2.75, 3.05) is 19.7 Å². The Kier molecular flexibility index (Phi) is 6.15. The Labute approximate surface area is 112 Å². The Bertz CT molecular complexity index is 394. The number of amides is 1. The number of nitrogens with zero attached hydrogens (tertiary/aromatic N) is 2. The van der Waals surface area contributed by atoms with Gasteiger partial charge in [-0.15, -0.1) is 11.8 Å². The zero-order valence-corrected chi connectivity index (χ0v) is 11.9. The van der Waals surface area contributed by atoms with Crippen LogP contribution in [0.4, 0.5) is 0 Å². The molecule has 0 fully saturated rings. The van der Waals surface area contributed by atoms with Gasteiger partial charge in [0.25, 0.3) is 5.91 Å². The number of rotatable bonds is 6. The van der Waals surface area contributed by atoms with Crippen LogP contribution in [-0.2, 0) is 0 Å². The number of hydrogen-bond donors (Lipinski definition) is 1. The quantitative estimate of drug-likeness (QED) is 0.802. The molecule has 0 aliphatic rings. The SMILES string of the molecule is CCN(CC)C(=O)c1cc(SC(C)CO)ccn1. The molecule has 1 unspecified atom stereocenters. The zero-order valence-electron chi connectivity index (χ0n) is 11.1. The first-order valence-electron chi connectivity index (χ1n) is 6.15. The minimum Gasteiger partial charge on any atom is -0.395 e. The molecule has 0 aliphatic carbocycles. The minimum atomic E-state index is -0.0425. The van der Waals surface area contributed by atoms with Crippen LogP contribution in [0.15, 0.2) is 23.2 Å². The Balaban J connectivity index is 2.84. The van der Waals surface area contributed by atoms with Crippen molar-refractivity contribution in [2.24, 2.45) is 0 Å². The molecule has 1 atom stereocenters. The summed E-state index contributed by atoms with van der Waals surface area (Å²) in [7, 11) is 0. The zero-order chi connectivity index (χ0) is 13.5. The van der Waals surface area contributed by atoms with E-state index in [2.05, 4.69) is 4.98 Å². The average Bonchev–Trinajstić information content (AvgIpc) is 2.40. The van der Waals surface area contributed by atoms with Gasteiger partial charge in [0.2, 0.25) is 0 Å². The molecule has 1 amide bonds. The lowest BCUT2D eigenvalue weighted by molar-refractivity contribution is 0.0767. The van der Waals surface area contributed by atoms with E-state index < -0.39 is 0 Å². The van der Waals surface area contributed by atoms with E-state index in [1.807, 2.05) is 26.8 Å². The summed E-state index contributed by atoms with van der Waals surface area (Å²) in [6, 6.07) is 3.65. The fraction of sp³-hybridized carbons (Fsp3) is 0.538. The highest BCUT2D eigenvalue weighted by Gasteiger charge is 2.14. The number of hydrogen-bond acceptors (Lipinski definition) is 4. The van der Waals surface area contributed by atoms with Gasteiger partial charge in [-0.2, -0.15) is 0 Å². The van der Waals surface area contributed by atoms with E-state index in [4.69, 9.17) is 5.11 Å². The Hall–Kier alpha value is -1.07. The monoisotopic (exact) mass is 268 g/mol. The molecule has 0 bridgehead atoms. The third-order valence-electron chi connectivity index (χ3n) is 2.60. The van der Waals surface area contributed by atoms with Crippen molar-refractivity contribution < 1.29 is 9.90 Å². The van der Waals surface area contributed by atoms with Gasteiger partial charge in [-0.1, -0.05) is 6.92 Å².